The zero-order chi connectivity index (χ0) is 13.6. The van der Waals surface area contributed by atoms with Crippen LogP contribution in [0.3, 0.4) is 0 Å². The van der Waals surface area contributed by atoms with Crippen molar-refractivity contribution in [1.82, 2.24) is 4.98 Å². The van der Waals surface area contributed by atoms with Gasteiger partial charge in [-0.2, -0.15) is 0 Å². The van der Waals surface area contributed by atoms with E-state index in [0.29, 0.717) is 24.0 Å². The minimum Gasteiger partial charge on any atom is -0.338 e. The number of nitrogens with zero attached hydrogens (tertiary/aromatic N) is 2. The van der Waals surface area contributed by atoms with Crippen LogP contribution >= 0.6 is 11.3 Å². The summed E-state index contributed by atoms with van der Waals surface area (Å²) in [7, 11) is 0. The van der Waals surface area contributed by atoms with Crippen LogP contribution in [0.25, 0.3) is 10.2 Å². The van der Waals surface area contributed by atoms with E-state index in [2.05, 4.69) is 4.98 Å². The largest absolute Gasteiger partial charge is 0.338 e. The Morgan fingerprint density at radius 2 is 1.89 bits per heavy atom. The number of benzene rings is 1. The topological polar surface area (TPSA) is 114 Å². The number of hydrogen-bond donors (Lipinski definition) is 3. The van der Waals surface area contributed by atoms with Crippen LogP contribution in [0.4, 0.5) is 5.69 Å². The van der Waals surface area contributed by atoms with Crippen molar-refractivity contribution in [3.8, 4) is 5.75 Å². The normalized spacial score (nSPS) is 27.9. The third-order valence-corrected chi connectivity index (χ3v) is 4.31. The number of fused-ring (bicyclic) bond motifs is 1. The number of rotatable bonds is 1. The van der Waals surface area contributed by atoms with E-state index in [1.807, 2.05) is 6.07 Å². The van der Waals surface area contributed by atoms with Gasteiger partial charge in [-0.3, -0.25) is 5.11 Å². The Balaban J connectivity index is 2.05. The van der Waals surface area contributed by atoms with Crippen LogP contribution in [0.2, 0.25) is 0 Å². The molecule has 19 heavy (non-hydrogen) atoms. The molecule has 0 amide bonds. The molecule has 1 saturated heterocycles. The number of thiazole rings is 1. The van der Waals surface area contributed by atoms with E-state index in [9.17, 15) is 5.11 Å². The summed E-state index contributed by atoms with van der Waals surface area (Å²) in [5, 5.41) is 12.4. The van der Waals surface area contributed by atoms with Gasteiger partial charge in [0.15, 0.2) is 0 Å². The summed E-state index contributed by atoms with van der Waals surface area (Å²) >= 11 is 1.45. The first-order valence-electron chi connectivity index (χ1n) is 6.16. The lowest BCUT2D eigenvalue weighted by Crippen LogP contribution is -2.60. The first kappa shape index (κ1) is 12.6. The summed E-state index contributed by atoms with van der Waals surface area (Å²) in [6.07, 6.45) is 0.592. The van der Waals surface area contributed by atoms with Gasteiger partial charge >= 0.3 is 0 Å². The number of aromatic nitrogens is 1. The number of nitrogens with two attached hydrogens (primary N) is 3. The molecule has 1 aliphatic rings. The molecule has 0 saturated carbocycles. The maximum atomic E-state index is 12.4. The van der Waals surface area contributed by atoms with Crippen molar-refractivity contribution in [1.29, 1.82) is 0 Å². The number of hydrogen-bond acceptors (Lipinski definition) is 6. The highest BCUT2D eigenvalue weighted by atomic mass is 32.1. The minimum atomic E-state index is -0.331. The molecule has 1 aromatic carbocycles. The van der Waals surface area contributed by atoms with E-state index in [1.54, 1.807) is 16.5 Å². The summed E-state index contributed by atoms with van der Waals surface area (Å²) < 4.78 is 0.879. The highest BCUT2D eigenvalue weighted by Gasteiger charge is 2.32. The number of anilines is 1. The molecule has 1 radical (unpaired) electrons. The van der Waals surface area contributed by atoms with Crippen molar-refractivity contribution in [2.45, 2.75) is 31.2 Å². The molecule has 2 aromatic rings. The van der Waals surface area contributed by atoms with Gasteiger partial charge < -0.3 is 22.1 Å². The van der Waals surface area contributed by atoms with Gasteiger partial charge in [-0.1, -0.05) is 0 Å². The lowest BCUT2D eigenvalue weighted by atomic mass is 9.99. The molecule has 2 heterocycles. The van der Waals surface area contributed by atoms with Gasteiger partial charge in [0, 0.05) is 6.04 Å². The Morgan fingerprint density at radius 1 is 1.21 bits per heavy atom. The molecule has 1 fully saturated rings. The predicted molar refractivity (Wildman–Crippen MR) is 75.4 cm³/mol. The monoisotopic (exact) mass is 278 g/mol. The highest BCUT2D eigenvalue weighted by Crippen LogP contribution is 2.39. The molecule has 1 aromatic heterocycles. The van der Waals surface area contributed by atoms with Gasteiger partial charge in [0.25, 0.3) is 0 Å². The van der Waals surface area contributed by atoms with E-state index in [0.717, 1.165) is 4.70 Å². The maximum absolute atomic E-state index is 12.4. The van der Waals surface area contributed by atoms with Gasteiger partial charge in [0.1, 0.15) is 5.52 Å². The second-order valence-corrected chi connectivity index (χ2v) is 5.77. The molecule has 1 aliphatic heterocycles. The van der Waals surface area contributed by atoms with Gasteiger partial charge in [0.05, 0.1) is 28.2 Å². The Labute approximate surface area is 114 Å². The van der Waals surface area contributed by atoms with E-state index in [4.69, 9.17) is 17.2 Å². The van der Waals surface area contributed by atoms with Gasteiger partial charge in [-0.25, -0.2) is 4.98 Å². The molecule has 0 aliphatic carbocycles. The fourth-order valence-corrected chi connectivity index (χ4v) is 3.32. The summed E-state index contributed by atoms with van der Waals surface area (Å²) in [5.41, 5.74) is 20.7. The molecule has 7 heteroatoms. The van der Waals surface area contributed by atoms with Crippen molar-refractivity contribution in [3.63, 3.8) is 0 Å². The van der Waals surface area contributed by atoms with Crippen molar-refractivity contribution < 1.29 is 5.11 Å². The molecule has 0 spiro atoms. The molecule has 2 atom stereocenters. The van der Waals surface area contributed by atoms with E-state index in [1.165, 1.54) is 11.3 Å². The highest BCUT2D eigenvalue weighted by molar-refractivity contribution is 7.16. The second-order valence-electron chi connectivity index (χ2n) is 4.89. The van der Waals surface area contributed by atoms with Crippen LogP contribution in [0.1, 0.15) is 12.8 Å². The summed E-state index contributed by atoms with van der Waals surface area (Å²) in [6, 6.07) is 3.65. The molecule has 6 N–H and O–H groups in total. The Kier molecular flexibility index (Phi) is 3.06. The van der Waals surface area contributed by atoms with Gasteiger partial charge in [-0.15, -0.1) is 11.3 Å². The first-order chi connectivity index (χ1) is 9.08. The fourth-order valence-electron chi connectivity index (χ4n) is 2.65. The van der Waals surface area contributed by atoms with E-state index < -0.39 is 0 Å². The van der Waals surface area contributed by atoms with Crippen LogP contribution in [0.5, 0.6) is 5.75 Å². The zero-order valence-electron chi connectivity index (χ0n) is 10.3. The molecule has 101 valence electrons. The fraction of sp³-hybridized carbons (Fsp3) is 0.417. The van der Waals surface area contributed by atoms with Gasteiger partial charge in [0.2, 0.25) is 5.75 Å². The maximum Gasteiger partial charge on any atom is 0.228 e. The second kappa shape index (κ2) is 4.61. The lowest BCUT2D eigenvalue weighted by molar-refractivity contribution is 0.331. The van der Waals surface area contributed by atoms with Crippen molar-refractivity contribution >= 4 is 27.2 Å². The third-order valence-electron chi connectivity index (χ3n) is 3.52. The van der Waals surface area contributed by atoms with E-state index >= 15 is 0 Å². The summed E-state index contributed by atoms with van der Waals surface area (Å²) in [4.78, 5) is 5.88. The molecular weight excluding hydrogens is 262 g/mol. The Hall–Kier alpha value is -1.41. The lowest BCUT2D eigenvalue weighted by Gasteiger charge is -2.42. The predicted octanol–water partition coefficient (Wildman–Crippen LogP) is 0.937. The van der Waals surface area contributed by atoms with Crippen LogP contribution in [0, 0.1) is 0 Å². The third kappa shape index (κ3) is 2.04. The number of piperidine rings is 1. The summed E-state index contributed by atoms with van der Waals surface area (Å²) in [6.45, 7) is 0. The van der Waals surface area contributed by atoms with E-state index in [-0.39, 0.29) is 24.1 Å². The van der Waals surface area contributed by atoms with Crippen molar-refractivity contribution in [3.05, 3.63) is 17.6 Å². The van der Waals surface area contributed by atoms with Crippen molar-refractivity contribution in [2.75, 3.05) is 4.90 Å². The Morgan fingerprint density at radius 3 is 2.58 bits per heavy atom. The van der Waals surface area contributed by atoms with Crippen LogP contribution in [0.15, 0.2) is 17.6 Å². The Bertz CT molecular complexity index is 589. The first-order valence-corrected chi connectivity index (χ1v) is 7.04. The average molecular weight is 278 g/mol. The zero-order valence-corrected chi connectivity index (χ0v) is 11.1. The molecule has 6 nitrogen and oxygen atoms in total. The summed E-state index contributed by atoms with van der Waals surface area (Å²) in [5.74, 6) is -0.111. The standard InChI is InChI=1S/C12H16N5OS/c13-6-3-9(14)17(10(15)4-6)7-1-2-8-11(12(7)18)16-5-19-8/h1-2,5-6,9-10H,3-4,13-15H2. The van der Waals surface area contributed by atoms with Crippen LogP contribution < -0.4 is 22.1 Å². The molecule has 2 unspecified atom stereocenters. The molecule has 3 rings (SSSR count). The quantitative estimate of drug-likeness (QED) is 0.718. The van der Waals surface area contributed by atoms with Crippen LogP contribution in [-0.2, 0) is 5.11 Å². The molecule has 0 bridgehead atoms. The van der Waals surface area contributed by atoms with Gasteiger partial charge in [-0.05, 0) is 25.0 Å². The van der Waals surface area contributed by atoms with Crippen LogP contribution in [-0.4, -0.2) is 23.4 Å². The van der Waals surface area contributed by atoms with Crippen molar-refractivity contribution in [2.24, 2.45) is 17.2 Å². The average Bonchev–Trinajstić information content (AvgIpc) is 2.79. The molecular formula is C12H16N5OS. The minimum absolute atomic E-state index is 0.0145. The SMILES string of the molecule is NC1CC(N)N(c2ccc3scnc3c2[O])C(N)C1. The smallest absolute Gasteiger partial charge is 0.228 e.